The van der Waals surface area contributed by atoms with Crippen molar-refractivity contribution in [2.24, 2.45) is 4.99 Å². The van der Waals surface area contributed by atoms with E-state index >= 15 is 0 Å². The SMILES string of the molecule is CN1C(=O)c2cc(F)ccc2[NH+]2C=NC(n3nncc3C(C)(C)C)=C12. The number of halogens is 1. The number of quaternary nitrogens is 1. The number of fused-ring (bicyclic) bond motifs is 3. The summed E-state index contributed by atoms with van der Waals surface area (Å²) in [7, 11) is 1.66. The number of hydrogen-bond donors (Lipinski definition) is 1. The lowest BCUT2D eigenvalue weighted by Gasteiger charge is -2.28. The zero-order chi connectivity index (χ0) is 17.9. The van der Waals surface area contributed by atoms with Crippen LogP contribution in [0.5, 0.6) is 0 Å². The van der Waals surface area contributed by atoms with Crippen LogP contribution in [0.25, 0.3) is 5.82 Å². The van der Waals surface area contributed by atoms with E-state index in [-0.39, 0.29) is 11.3 Å². The van der Waals surface area contributed by atoms with Crippen molar-refractivity contribution >= 4 is 23.8 Å². The van der Waals surface area contributed by atoms with Crippen molar-refractivity contribution in [1.29, 1.82) is 0 Å². The smallest absolute Gasteiger partial charge is 0.268 e. The molecule has 0 bridgehead atoms. The van der Waals surface area contributed by atoms with Crippen LogP contribution in [0.4, 0.5) is 10.1 Å². The van der Waals surface area contributed by atoms with Crippen molar-refractivity contribution in [1.82, 2.24) is 19.9 Å². The second-order valence-corrected chi connectivity index (χ2v) is 7.18. The number of amides is 1. The molecule has 128 valence electrons. The molecule has 2 aliphatic rings. The first kappa shape index (κ1) is 15.6. The molecule has 0 saturated carbocycles. The summed E-state index contributed by atoms with van der Waals surface area (Å²) < 4.78 is 15.2. The third kappa shape index (κ3) is 2.21. The zero-order valence-corrected chi connectivity index (χ0v) is 14.4. The number of aromatic nitrogens is 3. The molecule has 1 unspecified atom stereocenters. The van der Waals surface area contributed by atoms with Crippen LogP contribution in [0.3, 0.4) is 0 Å². The molecule has 1 N–H and O–H groups in total. The van der Waals surface area contributed by atoms with Gasteiger partial charge in [-0.2, -0.15) is 9.67 Å². The van der Waals surface area contributed by atoms with Gasteiger partial charge in [-0.3, -0.25) is 9.69 Å². The molecule has 0 radical (unpaired) electrons. The summed E-state index contributed by atoms with van der Waals surface area (Å²) in [6, 6.07) is 4.23. The summed E-state index contributed by atoms with van der Waals surface area (Å²) in [6.07, 6.45) is 3.40. The van der Waals surface area contributed by atoms with Gasteiger partial charge in [0.2, 0.25) is 12.2 Å². The summed E-state index contributed by atoms with van der Waals surface area (Å²) in [5, 5.41) is 8.18. The zero-order valence-electron chi connectivity index (χ0n) is 14.4. The molecule has 0 spiro atoms. The minimum absolute atomic E-state index is 0.187. The number of benzene rings is 1. The van der Waals surface area contributed by atoms with E-state index in [0.29, 0.717) is 22.9 Å². The molecular weight excluding hydrogens is 323 g/mol. The highest BCUT2D eigenvalue weighted by Gasteiger charge is 2.43. The van der Waals surface area contributed by atoms with E-state index in [1.807, 2.05) is 0 Å². The van der Waals surface area contributed by atoms with Gasteiger partial charge in [-0.05, 0) is 12.1 Å². The lowest BCUT2D eigenvalue weighted by atomic mass is 9.93. The van der Waals surface area contributed by atoms with Crippen LogP contribution in [-0.4, -0.2) is 39.2 Å². The van der Waals surface area contributed by atoms with Gasteiger partial charge in [0.25, 0.3) is 11.7 Å². The molecule has 2 aromatic rings. The molecule has 2 aliphatic heterocycles. The fraction of sp³-hybridized carbons (Fsp3) is 0.294. The molecule has 0 fully saturated rings. The lowest BCUT2D eigenvalue weighted by Crippen LogP contribution is -3.06. The Morgan fingerprint density at radius 1 is 1.24 bits per heavy atom. The third-order valence-electron chi connectivity index (χ3n) is 4.44. The van der Waals surface area contributed by atoms with Crippen molar-refractivity contribution in [3.8, 4) is 0 Å². The molecule has 4 rings (SSSR count). The van der Waals surface area contributed by atoms with Crippen LogP contribution in [0.1, 0.15) is 36.8 Å². The topological polar surface area (TPSA) is 67.8 Å². The Balaban J connectivity index is 1.92. The monoisotopic (exact) mass is 341 g/mol. The Kier molecular flexibility index (Phi) is 3.17. The van der Waals surface area contributed by atoms with Crippen molar-refractivity contribution < 1.29 is 14.1 Å². The normalized spacial score (nSPS) is 19.5. The average Bonchev–Trinajstić information content (AvgIpc) is 3.18. The third-order valence-corrected chi connectivity index (χ3v) is 4.44. The maximum Gasteiger partial charge on any atom is 0.268 e. The Labute approximate surface area is 144 Å². The number of nitrogens with zero attached hydrogens (tertiary/aromatic N) is 5. The van der Waals surface area contributed by atoms with E-state index in [4.69, 9.17) is 0 Å². The predicted octanol–water partition coefficient (Wildman–Crippen LogP) is 1.14. The van der Waals surface area contributed by atoms with Crippen molar-refractivity contribution in [3.63, 3.8) is 0 Å². The van der Waals surface area contributed by atoms with E-state index in [1.54, 1.807) is 30.3 Å². The molecular formula is C17H18FN6O+. The standard InChI is InChI=1S/C17H17FN6O/c1-17(2,3)13-8-20-21-24(13)14-15-22(4)16(25)11-7-10(18)5-6-12(11)23(15)9-19-14/h5-9H,1-4H3/p+1. The highest BCUT2D eigenvalue weighted by Crippen LogP contribution is 2.29. The Morgan fingerprint density at radius 3 is 2.72 bits per heavy atom. The molecule has 0 saturated heterocycles. The lowest BCUT2D eigenvalue weighted by molar-refractivity contribution is -0.685. The Morgan fingerprint density at radius 2 is 2.00 bits per heavy atom. The van der Waals surface area contributed by atoms with E-state index in [0.717, 1.165) is 10.6 Å². The van der Waals surface area contributed by atoms with E-state index in [9.17, 15) is 9.18 Å². The fourth-order valence-corrected chi connectivity index (χ4v) is 3.16. The van der Waals surface area contributed by atoms with E-state index < -0.39 is 5.82 Å². The minimum atomic E-state index is -0.435. The highest BCUT2D eigenvalue weighted by atomic mass is 19.1. The van der Waals surface area contributed by atoms with E-state index in [2.05, 4.69) is 36.1 Å². The van der Waals surface area contributed by atoms with Crippen molar-refractivity contribution in [3.05, 3.63) is 47.3 Å². The van der Waals surface area contributed by atoms with Gasteiger partial charge in [-0.1, -0.05) is 26.0 Å². The van der Waals surface area contributed by atoms with Crippen molar-refractivity contribution in [2.45, 2.75) is 26.2 Å². The quantitative estimate of drug-likeness (QED) is 0.846. The van der Waals surface area contributed by atoms with Gasteiger partial charge < -0.3 is 0 Å². The van der Waals surface area contributed by atoms with Crippen LogP contribution in [0.15, 0.2) is 35.2 Å². The molecule has 0 aliphatic carbocycles. The first-order chi connectivity index (χ1) is 11.8. The fourth-order valence-electron chi connectivity index (χ4n) is 3.16. The van der Waals surface area contributed by atoms with E-state index in [1.165, 1.54) is 17.0 Å². The first-order valence-corrected chi connectivity index (χ1v) is 7.94. The molecule has 1 aromatic carbocycles. The van der Waals surface area contributed by atoms with Gasteiger partial charge in [-0.15, -0.1) is 5.10 Å². The predicted molar refractivity (Wildman–Crippen MR) is 89.5 cm³/mol. The number of nitrogens with one attached hydrogen (secondary N) is 1. The summed E-state index contributed by atoms with van der Waals surface area (Å²) in [6.45, 7) is 6.18. The summed E-state index contributed by atoms with van der Waals surface area (Å²) in [5.74, 6) is 0.493. The second kappa shape index (κ2) is 5.06. The van der Waals surface area contributed by atoms with Crippen LogP contribution >= 0.6 is 0 Å². The maximum atomic E-state index is 13.6. The van der Waals surface area contributed by atoms with Gasteiger partial charge in [0.1, 0.15) is 11.4 Å². The molecule has 1 aromatic heterocycles. The molecule has 7 nitrogen and oxygen atoms in total. The number of aliphatic imine (C=N–C) groups is 1. The minimum Gasteiger partial charge on any atom is -0.268 e. The summed E-state index contributed by atoms with van der Waals surface area (Å²) >= 11 is 0. The molecule has 1 atom stereocenters. The molecule has 25 heavy (non-hydrogen) atoms. The van der Waals surface area contributed by atoms with Crippen LogP contribution < -0.4 is 4.90 Å². The highest BCUT2D eigenvalue weighted by molar-refractivity contribution is 6.01. The molecule has 1 amide bonds. The second-order valence-electron chi connectivity index (χ2n) is 7.18. The largest absolute Gasteiger partial charge is 0.268 e. The Bertz CT molecular complexity index is 952. The maximum absolute atomic E-state index is 13.6. The van der Waals surface area contributed by atoms with Gasteiger partial charge in [-0.25, -0.2) is 9.29 Å². The van der Waals surface area contributed by atoms with Gasteiger partial charge in [0.05, 0.1) is 11.9 Å². The Hall–Kier alpha value is -2.87. The van der Waals surface area contributed by atoms with Crippen LogP contribution in [0, 0.1) is 5.82 Å². The van der Waals surface area contributed by atoms with Gasteiger partial charge in [0, 0.05) is 18.5 Å². The first-order valence-electron chi connectivity index (χ1n) is 7.94. The van der Waals surface area contributed by atoms with Gasteiger partial charge in [0.15, 0.2) is 5.69 Å². The molecule has 8 heteroatoms. The number of hydrogen-bond acceptors (Lipinski definition) is 4. The summed E-state index contributed by atoms with van der Waals surface area (Å²) in [4.78, 5) is 19.5. The number of carbonyl (C=O) groups is 1. The number of carbonyl (C=O) groups excluding carboxylic acids is 1. The number of rotatable bonds is 1. The van der Waals surface area contributed by atoms with Crippen LogP contribution in [-0.2, 0) is 5.41 Å². The average molecular weight is 341 g/mol. The summed E-state index contributed by atoms with van der Waals surface area (Å²) in [5.41, 5.74) is 1.71. The molecule has 3 heterocycles. The van der Waals surface area contributed by atoms with Crippen LogP contribution in [0.2, 0.25) is 0 Å². The van der Waals surface area contributed by atoms with Crippen molar-refractivity contribution in [2.75, 3.05) is 7.05 Å². The van der Waals surface area contributed by atoms with Gasteiger partial charge >= 0.3 is 0 Å².